The van der Waals surface area contributed by atoms with Gasteiger partial charge in [-0.05, 0) is 38.1 Å². The lowest BCUT2D eigenvalue weighted by atomic mass is 9.96. The van der Waals surface area contributed by atoms with Crippen LogP contribution in [0.5, 0.6) is 0 Å². The molecule has 2 N–H and O–H groups in total. The van der Waals surface area contributed by atoms with Crippen LogP contribution in [0.2, 0.25) is 0 Å². The zero-order chi connectivity index (χ0) is 18.4. The Balaban J connectivity index is 1.55. The molecule has 2 amide bonds. The number of nitrogens with two attached hydrogens (primary N) is 1. The van der Waals surface area contributed by atoms with Gasteiger partial charge < -0.3 is 20.1 Å². The zero-order valence-electron chi connectivity index (χ0n) is 15.0. The highest BCUT2D eigenvalue weighted by Crippen LogP contribution is 2.26. The Morgan fingerprint density at radius 3 is 2.38 bits per heavy atom. The minimum atomic E-state index is -0.406. The number of amides is 2. The summed E-state index contributed by atoms with van der Waals surface area (Å²) in [6.07, 6.45) is 2.00. The molecule has 7 nitrogen and oxygen atoms in total. The van der Waals surface area contributed by atoms with Crippen LogP contribution in [0.3, 0.4) is 0 Å². The average Bonchev–Trinajstić information content (AvgIpc) is 3.18. The fourth-order valence-corrected chi connectivity index (χ4v) is 3.54. The Morgan fingerprint density at radius 1 is 1.12 bits per heavy atom. The van der Waals surface area contributed by atoms with Crippen molar-refractivity contribution in [3.8, 4) is 0 Å². The number of para-hydroxylation sites is 1. The van der Waals surface area contributed by atoms with Crippen molar-refractivity contribution in [3.05, 3.63) is 30.3 Å². The van der Waals surface area contributed by atoms with E-state index in [-0.39, 0.29) is 18.6 Å². The molecule has 2 saturated heterocycles. The molecule has 26 heavy (non-hydrogen) atoms. The number of rotatable bonds is 7. The summed E-state index contributed by atoms with van der Waals surface area (Å²) in [5, 5.41) is 0. The molecule has 0 aromatic heterocycles. The predicted molar refractivity (Wildman–Crippen MR) is 97.5 cm³/mol. The van der Waals surface area contributed by atoms with Gasteiger partial charge in [-0.3, -0.25) is 14.5 Å². The van der Waals surface area contributed by atoms with E-state index in [1.165, 1.54) is 0 Å². The lowest BCUT2D eigenvalue weighted by Gasteiger charge is -2.34. The molecule has 2 fully saturated rings. The highest BCUT2D eigenvalue weighted by molar-refractivity contribution is 5.95. The maximum absolute atomic E-state index is 12.8. The van der Waals surface area contributed by atoms with Crippen molar-refractivity contribution in [3.63, 3.8) is 0 Å². The third-order valence-electron chi connectivity index (χ3n) is 4.97. The molecule has 0 spiro atoms. The van der Waals surface area contributed by atoms with Crippen molar-refractivity contribution in [2.75, 3.05) is 44.3 Å². The van der Waals surface area contributed by atoms with E-state index in [1.807, 2.05) is 30.3 Å². The smallest absolute Gasteiger partial charge is 0.241 e. The van der Waals surface area contributed by atoms with Crippen LogP contribution >= 0.6 is 0 Å². The Kier molecular flexibility index (Phi) is 6.60. The SMILES string of the molecule is NC(=O)CCN(C(=O)CN1CCC(C2OCCO2)CC1)c1ccccc1. The maximum Gasteiger partial charge on any atom is 0.241 e. The van der Waals surface area contributed by atoms with E-state index >= 15 is 0 Å². The Bertz CT molecular complexity index is 596. The number of anilines is 1. The maximum atomic E-state index is 12.8. The van der Waals surface area contributed by atoms with Crippen molar-refractivity contribution >= 4 is 17.5 Å². The molecule has 3 rings (SSSR count). The number of nitrogens with zero attached hydrogens (tertiary/aromatic N) is 2. The van der Waals surface area contributed by atoms with E-state index in [0.717, 1.165) is 31.6 Å². The standard InChI is InChI=1S/C19H27N3O4/c20-17(23)8-11-22(16-4-2-1-3-5-16)18(24)14-21-9-6-15(7-10-21)19-25-12-13-26-19/h1-5,15,19H,6-14H2,(H2,20,23). The molecule has 2 heterocycles. The van der Waals surface area contributed by atoms with Gasteiger partial charge in [-0.15, -0.1) is 0 Å². The molecular weight excluding hydrogens is 334 g/mol. The Hall–Kier alpha value is -1.96. The molecule has 1 aromatic rings. The molecule has 0 saturated carbocycles. The second-order valence-electron chi connectivity index (χ2n) is 6.82. The van der Waals surface area contributed by atoms with Gasteiger partial charge in [0.15, 0.2) is 6.29 Å². The molecule has 2 aliphatic rings. The summed E-state index contributed by atoms with van der Waals surface area (Å²) in [6, 6.07) is 9.41. The molecule has 142 valence electrons. The lowest BCUT2D eigenvalue weighted by molar-refractivity contribution is -0.121. The largest absolute Gasteiger partial charge is 0.370 e. The Labute approximate surface area is 154 Å². The van der Waals surface area contributed by atoms with E-state index in [4.69, 9.17) is 15.2 Å². The van der Waals surface area contributed by atoms with Crippen LogP contribution in [0.1, 0.15) is 19.3 Å². The molecule has 0 radical (unpaired) electrons. The molecule has 0 bridgehead atoms. The van der Waals surface area contributed by atoms with Gasteiger partial charge in [-0.1, -0.05) is 18.2 Å². The van der Waals surface area contributed by atoms with Crippen molar-refractivity contribution in [2.24, 2.45) is 11.7 Å². The monoisotopic (exact) mass is 361 g/mol. The fourth-order valence-electron chi connectivity index (χ4n) is 3.54. The first-order valence-electron chi connectivity index (χ1n) is 9.23. The van der Waals surface area contributed by atoms with Crippen LogP contribution in [0.25, 0.3) is 0 Å². The number of primary amides is 1. The van der Waals surface area contributed by atoms with Gasteiger partial charge in [-0.2, -0.15) is 0 Å². The first-order chi connectivity index (χ1) is 12.6. The zero-order valence-corrected chi connectivity index (χ0v) is 15.0. The second kappa shape index (κ2) is 9.12. The number of carbonyl (C=O) groups excluding carboxylic acids is 2. The van der Waals surface area contributed by atoms with Gasteiger partial charge >= 0.3 is 0 Å². The number of benzene rings is 1. The van der Waals surface area contributed by atoms with Gasteiger partial charge in [0.2, 0.25) is 11.8 Å². The van der Waals surface area contributed by atoms with Crippen molar-refractivity contribution in [1.82, 2.24) is 4.90 Å². The van der Waals surface area contributed by atoms with Gasteiger partial charge in [0.1, 0.15) is 0 Å². The summed E-state index contributed by atoms with van der Waals surface area (Å²) in [5.74, 6) is -0.00989. The number of hydrogen-bond donors (Lipinski definition) is 1. The van der Waals surface area contributed by atoms with Gasteiger partial charge in [0.05, 0.1) is 19.8 Å². The number of likely N-dealkylation sites (tertiary alicyclic amines) is 1. The van der Waals surface area contributed by atoms with E-state index in [0.29, 0.717) is 32.2 Å². The summed E-state index contributed by atoms with van der Waals surface area (Å²) >= 11 is 0. The fraction of sp³-hybridized carbons (Fsp3) is 0.579. The summed E-state index contributed by atoms with van der Waals surface area (Å²) in [5.41, 5.74) is 6.06. The van der Waals surface area contributed by atoms with Crippen molar-refractivity contribution < 1.29 is 19.1 Å². The van der Waals surface area contributed by atoms with Gasteiger partial charge in [0.25, 0.3) is 0 Å². The highest BCUT2D eigenvalue weighted by atomic mass is 16.7. The van der Waals surface area contributed by atoms with E-state index in [1.54, 1.807) is 4.90 Å². The van der Waals surface area contributed by atoms with E-state index in [2.05, 4.69) is 4.90 Å². The van der Waals surface area contributed by atoms with Crippen LogP contribution in [-0.2, 0) is 19.1 Å². The van der Waals surface area contributed by atoms with Crippen LogP contribution in [0, 0.1) is 5.92 Å². The quantitative estimate of drug-likeness (QED) is 0.782. The summed E-state index contributed by atoms with van der Waals surface area (Å²) in [6.45, 7) is 3.69. The molecule has 2 aliphatic heterocycles. The number of ether oxygens (including phenoxy) is 2. The minimum Gasteiger partial charge on any atom is -0.370 e. The molecule has 0 atom stereocenters. The van der Waals surface area contributed by atoms with E-state index in [9.17, 15) is 9.59 Å². The Morgan fingerprint density at radius 2 is 1.77 bits per heavy atom. The molecular formula is C19H27N3O4. The van der Waals surface area contributed by atoms with Gasteiger partial charge in [0, 0.05) is 24.6 Å². The first-order valence-corrected chi connectivity index (χ1v) is 9.23. The molecule has 0 aliphatic carbocycles. The minimum absolute atomic E-state index is 0.00994. The third kappa shape index (κ3) is 5.03. The predicted octanol–water partition coefficient (Wildman–Crippen LogP) is 0.980. The molecule has 0 unspecified atom stereocenters. The highest BCUT2D eigenvalue weighted by Gasteiger charge is 2.31. The van der Waals surface area contributed by atoms with Crippen molar-refractivity contribution in [1.29, 1.82) is 0 Å². The first kappa shape index (κ1) is 18.8. The van der Waals surface area contributed by atoms with Crippen LogP contribution in [-0.4, -0.2) is 62.4 Å². The van der Waals surface area contributed by atoms with Crippen LogP contribution in [0.4, 0.5) is 5.69 Å². The lowest BCUT2D eigenvalue weighted by Crippen LogP contribution is -2.45. The number of hydrogen-bond acceptors (Lipinski definition) is 5. The summed E-state index contributed by atoms with van der Waals surface area (Å²) in [4.78, 5) is 27.8. The number of piperidine rings is 1. The average molecular weight is 361 g/mol. The van der Waals surface area contributed by atoms with E-state index < -0.39 is 5.91 Å². The molecule has 7 heteroatoms. The third-order valence-corrected chi connectivity index (χ3v) is 4.97. The number of carbonyl (C=O) groups is 2. The van der Waals surface area contributed by atoms with Crippen molar-refractivity contribution in [2.45, 2.75) is 25.6 Å². The topological polar surface area (TPSA) is 85.1 Å². The van der Waals surface area contributed by atoms with Crippen LogP contribution < -0.4 is 10.6 Å². The normalized spacial score (nSPS) is 19.5. The summed E-state index contributed by atoms with van der Waals surface area (Å²) in [7, 11) is 0. The second-order valence-corrected chi connectivity index (χ2v) is 6.82. The molecule has 1 aromatic carbocycles. The van der Waals surface area contributed by atoms with Crippen LogP contribution in [0.15, 0.2) is 30.3 Å². The summed E-state index contributed by atoms with van der Waals surface area (Å²) < 4.78 is 11.2. The van der Waals surface area contributed by atoms with Gasteiger partial charge in [-0.25, -0.2) is 0 Å².